The summed E-state index contributed by atoms with van der Waals surface area (Å²) in [4.78, 5) is 9.76. The molecule has 2 fully saturated rings. The molecule has 9 heteroatoms. The van der Waals surface area contributed by atoms with Crippen molar-refractivity contribution in [2.45, 2.75) is 38.8 Å². The van der Waals surface area contributed by atoms with Crippen LogP contribution in [0, 0.1) is 0 Å². The zero-order chi connectivity index (χ0) is 22.3. The van der Waals surface area contributed by atoms with Gasteiger partial charge in [0.15, 0.2) is 5.96 Å². The van der Waals surface area contributed by atoms with Crippen molar-refractivity contribution in [1.82, 2.24) is 15.5 Å². The number of ether oxygens (including phenoxy) is 3. The number of hydrogen-bond acceptors (Lipinski definition) is 6. The third kappa shape index (κ3) is 7.28. The molecular weight excluding hydrogens is 521 g/mol. The summed E-state index contributed by atoms with van der Waals surface area (Å²) >= 11 is 0. The minimum absolute atomic E-state index is 0. The zero-order valence-corrected chi connectivity index (χ0v) is 22.5. The van der Waals surface area contributed by atoms with Gasteiger partial charge in [-0.1, -0.05) is 0 Å². The van der Waals surface area contributed by atoms with E-state index in [9.17, 15) is 0 Å². The number of benzene rings is 1. The van der Waals surface area contributed by atoms with E-state index in [1.165, 1.54) is 0 Å². The summed E-state index contributed by atoms with van der Waals surface area (Å²) in [7, 11) is 3.37. The summed E-state index contributed by atoms with van der Waals surface area (Å²) in [6.45, 7) is 13.6. The van der Waals surface area contributed by atoms with Crippen LogP contribution in [-0.2, 0) is 4.74 Å². The monoisotopic (exact) mass is 561 g/mol. The summed E-state index contributed by atoms with van der Waals surface area (Å²) in [5.74, 6) is 2.51. The predicted molar refractivity (Wildman–Crippen MR) is 141 cm³/mol. The van der Waals surface area contributed by atoms with Crippen LogP contribution in [0.5, 0.6) is 11.5 Å². The fraction of sp³-hybridized carbons (Fsp3) is 0.696. The molecule has 1 unspecified atom stereocenters. The third-order valence-electron chi connectivity index (χ3n) is 6.07. The SMILES string of the molecule is CCNC(=NCC(C)(C)N1CCOCC1)NC1CCN(c2cc(OC)cc(OC)c2)C1.I. The Morgan fingerprint density at radius 2 is 1.78 bits per heavy atom. The Balaban J connectivity index is 0.00000363. The number of halogens is 1. The topological polar surface area (TPSA) is 70.6 Å². The van der Waals surface area contributed by atoms with Gasteiger partial charge in [0.05, 0.1) is 34.0 Å². The summed E-state index contributed by atoms with van der Waals surface area (Å²) in [5, 5.41) is 7.05. The molecule has 0 amide bonds. The Labute approximate surface area is 210 Å². The van der Waals surface area contributed by atoms with Crippen LogP contribution in [0.15, 0.2) is 23.2 Å². The highest BCUT2D eigenvalue weighted by molar-refractivity contribution is 14.0. The number of nitrogens with one attached hydrogen (secondary N) is 2. The fourth-order valence-electron chi connectivity index (χ4n) is 4.14. The lowest BCUT2D eigenvalue weighted by Crippen LogP contribution is -2.52. The Bertz CT molecular complexity index is 718. The lowest BCUT2D eigenvalue weighted by atomic mass is 10.0. The zero-order valence-electron chi connectivity index (χ0n) is 20.1. The average Bonchev–Trinajstić information content (AvgIpc) is 3.26. The molecule has 0 saturated carbocycles. The van der Waals surface area contributed by atoms with Gasteiger partial charge in [0, 0.05) is 68.2 Å². The Morgan fingerprint density at radius 1 is 1.12 bits per heavy atom. The first kappa shape index (κ1) is 26.8. The molecule has 2 heterocycles. The molecule has 2 saturated heterocycles. The van der Waals surface area contributed by atoms with Crippen LogP contribution in [0.4, 0.5) is 5.69 Å². The number of hydrogen-bond donors (Lipinski definition) is 2. The Kier molecular flexibility index (Phi) is 10.6. The lowest BCUT2D eigenvalue weighted by Gasteiger charge is -2.40. The van der Waals surface area contributed by atoms with Gasteiger partial charge >= 0.3 is 0 Å². The molecule has 182 valence electrons. The normalized spacial score (nSPS) is 20.0. The van der Waals surface area contributed by atoms with Crippen LogP contribution in [0.2, 0.25) is 0 Å². The minimum atomic E-state index is 0. The van der Waals surface area contributed by atoms with Gasteiger partial charge in [0.25, 0.3) is 0 Å². The van der Waals surface area contributed by atoms with Gasteiger partial charge in [-0.15, -0.1) is 24.0 Å². The minimum Gasteiger partial charge on any atom is -0.497 e. The highest BCUT2D eigenvalue weighted by Crippen LogP contribution is 2.30. The van der Waals surface area contributed by atoms with Crippen molar-refractivity contribution < 1.29 is 14.2 Å². The van der Waals surface area contributed by atoms with E-state index in [1.807, 2.05) is 6.07 Å². The van der Waals surface area contributed by atoms with Gasteiger partial charge in [-0.25, -0.2) is 0 Å². The van der Waals surface area contributed by atoms with Gasteiger partial charge < -0.3 is 29.7 Å². The molecule has 0 aliphatic carbocycles. The van der Waals surface area contributed by atoms with Crippen LogP contribution in [0.1, 0.15) is 27.2 Å². The maximum Gasteiger partial charge on any atom is 0.191 e. The molecule has 0 radical (unpaired) electrons. The van der Waals surface area contributed by atoms with Gasteiger partial charge in [0.1, 0.15) is 11.5 Å². The van der Waals surface area contributed by atoms with Crippen molar-refractivity contribution in [1.29, 1.82) is 0 Å². The number of aliphatic imine (C=N–C) groups is 1. The molecule has 2 N–H and O–H groups in total. The van der Waals surface area contributed by atoms with Crippen LogP contribution >= 0.6 is 24.0 Å². The van der Waals surface area contributed by atoms with E-state index in [4.69, 9.17) is 19.2 Å². The van der Waals surface area contributed by atoms with Crippen molar-refractivity contribution >= 4 is 35.6 Å². The van der Waals surface area contributed by atoms with Crippen molar-refractivity contribution in [3.05, 3.63) is 18.2 Å². The molecule has 0 aromatic heterocycles. The van der Waals surface area contributed by atoms with Crippen LogP contribution in [-0.4, -0.2) is 89.1 Å². The van der Waals surface area contributed by atoms with E-state index in [-0.39, 0.29) is 29.5 Å². The first-order valence-corrected chi connectivity index (χ1v) is 11.3. The molecular formula is C23H40IN5O3. The van der Waals surface area contributed by atoms with Crippen molar-refractivity contribution in [2.24, 2.45) is 4.99 Å². The van der Waals surface area contributed by atoms with Gasteiger partial charge in [-0.2, -0.15) is 0 Å². The van der Waals surface area contributed by atoms with Crippen LogP contribution in [0.3, 0.4) is 0 Å². The number of methoxy groups -OCH3 is 2. The Hall–Kier alpha value is -1.46. The van der Waals surface area contributed by atoms with E-state index < -0.39 is 0 Å². The number of anilines is 1. The molecule has 3 rings (SSSR count). The molecule has 0 bridgehead atoms. The lowest BCUT2D eigenvalue weighted by molar-refractivity contribution is -0.00684. The van der Waals surface area contributed by atoms with Crippen molar-refractivity contribution in [3.8, 4) is 11.5 Å². The number of rotatable bonds is 8. The van der Waals surface area contributed by atoms with Gasteiger partial charge in [0.2, 0.25) is 0 Å². The van der Waals surface area contributed by atoms with Gasteiger partial charge in [-0.3, -0.25) is 9.89 Å². The van der Waals surface area contributed by atoms with E-state index in [1.54, 1.807) is 14.2 Å². The van der Waals surface area contributed by atoms with Gasteiger partial charge in [-0.05, 0) is 27.2 Å². The first-order valence-electron chi connectivity index (χ1n) is 11.3. The average molecular weight is 562 g/mol. The van der Waals surface area contributed by atoms with E-state index in [0.717, 1.165) is 82.0 Å². The second-order valence-electron chi connectivity index (χ2n) is 8.75. The molecule has 2 aliphatic rings. The molecule has 1 aromatic carbocycles. The van der Waals surface area contributed by atoms with Crippen molar-refractivity contribution in [2.75, 3.05) is 71.6 Å². The quantitative estimate of drug-likeness (QED) is 0.287. The second-order valence-corrected chi connectivity index (χ2v) is 8.75. The Morgan fingerprint density at radius 3 is 2.38 bits per heavy atom. The number of morpholine rings is 1. The second kappa shape index (κ2) is 12.7. The van der Waals surface area contributed by atoms with Crippen LogP contribution in [0.25, 0.3) is 0 Å². The highest BCUT2D eigenvalue weighted by Gasteiger charge is 2.29. The van der Waals surface area contributed by atoms with Crippen LogP contribution < -0.4 is 25.0 Å². The smallest absolute Gasteiger partial charge is 0.191 e. The predicted octanol–water partition coefficient (Wildman–Crippen LogP) is 2.57. The highest BCUT2D eigenvalue weighted by atomic mass is 127. The van der Waals surface area contributed by atoms with E-state index in [2.05, 4.69) is 53.3 Å². The summed E-state index contributed by atoms with van der Waals surface area (Å²) < 4.78 is 16.4. The number of nitrogens with zero attached hydrogens (tertiary/aromatic N) is 3. The standard InChI is InChI=1S/C23H39N5O3.HI/c1-6-24-22(25-17-23(2,3)28-9-11-31-12-10-28)26-18-7-8-27(16-18)19-13-20(29-4)15-21(14-19)30-5;/h13-15,18H,6-12,16-17H2,1-5H3,(H2,24,25,26);1H. The fourth-order valence-corrected chi connectivity index (χ4v) is 4.14. The molecule has 1 aromatic rings. The van der Waals surface area contributed by atoms with E-state index >= 15 is 0 Å². The molecule has 2 aliphatic heterocycles. The molecule has 32 heavy (non-hydrogen) atoms. The molecule has 8 nitrogen and oxygen atoms in total. The van der Waals surface area contributed by atoms with Crippen molar-refractivity contribution in [3.63, 3.8) is 0 Å². The summed E-state index contributed by atoms with van der Waals surface area (Å²) in [5.41, 5.74) is 1.13. The molecule has 1 atom stereocenters. The van der Waals surface area contributed by atoms with E-state index in [0.29, 0.717) is 6.04 Å². The first-order chi connectivity index (χ1) is 14.9. The summed E-state index contributed by atoms with van der Waals surface area (Å²) in [6, 6.07) is 6.37. The summed E-state index contributed by atoms with van der Waals surface area (Å²) in [6.07, 6.45) is 1.05. The number of guanidine groups is 1. The third-order valence-corrected chi connectivity index (χ3v) is 6.07. The molecule has 0 spiro atoms. The maximum absolute atomic E-state index is 5.50. The largest absolute Gasteiger partial charge is 0.497 e. The maximum atomic E-state index is 5.50.